The van der Waals surface area contributed by atoms with E-state index in [0.717, 1.165) is 6.42 Å². The highest BCUT2D eigenvalue weighted by Gasteiger charge is 2.08. The van der Waals surface area contributed by atoms with Crippen molar-refractivity contribution in [3.63, 3.8) is 0 Å². The van der Waals surface area contributed by atoms with E-state index in [2.05, 4.69) is 15.6 Å². The quantitative estimate of drug-likeness (QED) is 0.690. The molecule has 6 heteroatoms. The first-order valence-electron chi connectivity index (χ1n) is 6.31. The summed E-state index contributed by atoms with van der Waals surface area (Å²) in [5.41, 5.74) is 0.847. The first-order chi connectivity index (χ1) is 9.06. The second-order valence-corrected chi connectivity index (χ2v) is 4.09. The Morgan fingerprint density at radius 1 is 1.32 bits per heavy atom. The number of aryl methyl sites for hydroxylation is 1. The maximum absolute atomic E-state index is 11.4. The van der Waals surface area contributed by atoms with E-state index in [0.29, 0.717) is 24.5 Å². The third-order valence-corrected chi connectivity index (χ3v) is 2.49. The molecule has 1 aromatic rings. The zero-order valence-electron chi connectivity index (χ0n) is 11.2. The van der Waals surface area contributed by atoms with Gasteiger partial charge in [-0.05, 0) is 25.0 Å². The number of carboxylic acids is 1. The van der Waals surface area contributed by atoms with Crippen LogP contribution in [0.4, 0.5) is 5.82 Å². The van der Waals surface area contributed by atoms with Crippen molar-refractivity contribution < 1.29 is 14.7 Å². The van der Waals surface area contributed by atoms with E-state index in [4.69, 9.17) is 5.11 Å². The number of carboxylic acid groups (broad SMARTS) is 1. The van der Waals surface area contributed by atoms with Gasteiger partial charge in [-0.2, -0.15) is 0 Å². The van der Waals surface area contributed by atoms with Gasteiger partial charge >= 0.3 is 5.97 Å². The second kappa shape index (κ2) is 7.35. The Kier molecular flexibility index (Phi) is 5.78. The van der Waals surface area contributed by atoms with Gasteiger partial charge in [0, 0.05) is 12.2 Å². The van der Waals surface area contributed by atoms with E-state index in [1.54, 1.807) is 0 Å². The van der Waals surface area contributed by atoms with E-state index in [-0.39, 0.29) is 18.0 Å². The molecule has 0 aliphatic heterocycles. The third-order valence-electron chi connectivity index (χ3n) is 2.49. The van der Waals surface area contributed by atoms with Gasteiger partial charge in [0.05, 0.1) is 12.1 Å². The lowest BCUT2D eigenvalue weighted by atomic mass is 10.2. The molecular formula is C13H19N3O3. The van der Waals surface area contributed by atoms with Gasteiger partial charge in [-0.25, -0.2) is 9.78 Å². The number of carbonyl (C=O) groups is 2. The van der Waals surface area contributed by atoms with Crippen molar-refractivity contribution in [2.75, 3.05) is 18.4 Å². The highest BCUT2D eigenvalue weighted by atomic mass is 16.4. The molecule has 1 amide bonds. The van der Waals surface area contributed by atoms with Gasteiger partial charge in [0.25, 0.3) is 0 Å². The fourth-order valence-electron chi connectivity index (χ4n) is 1.48. The number of pyridine rings is 1. The van der Waals surface area contributed by atoms with Crippen molar-refractivity contribution in [2.45, 2.75) is 26.7 Å². The molecule has 104 valence electrons. The molecule has 0 aliphatic carbocycles. The summed E-state index contributed by atoms with van der Waals surface area (Å²) < 4.78 is 0. The lowest BCUT2D eigenvalue weighted by molar-refractivity contribution is -0.119. The Labute approximate surface area is 112 Å². The molecule has 0 aliphatic rings. The largest absolute Gasteiger partial charge is 0.478 e. The molecule has 0 spiro atoms. The van der Waals surface area contributed by atoms with Crippen LogP contribution in [-0.2, 0) is 11.2 Å². The smallest absolute Gasteiger partial charge is 0.335 e. The molecule has 19 heavy (non-hydrogen) atoms. The topological polar surface area (TPSA) is 91.3 Å². The molecule has 0 unspecified atom stereocenters. The summed E-state index contributed by atoms with van der Waals surface area (Å²) in [5, 5.41) is 14.5. The molecule has 1 aromatic heterocycles. The molecule has 1 rings (SSSR count). The van der Waals surface area contributed by atoms with Crippen molar-refractivity contribution >= 4 is 17.7 Å². The van der Waals surface area contributed by atoms with Gasteiger partial charge in [0.15, 0.2) is 0 Å². The van der Waals surface area contributed by atoms with Crippen molar-refractivity contribution in [2.24, 2.45) is 0 Å². The van der Waals surface area contributed by atoms with E-state index in [9.17, 15) is 9.59 Å². The molecule has 0 aromatic carbocycles. The molecule has 0 saturated heterocycles. The summed E-state index contributed by atoms with van der Waals surface area (Å²) in [6.45, 7) is 4.58. The van der Waals surface area contributed by atoms with Crippen molar-refractivity contribution in [1.82, 2.24) is 10.3 Å². The van der Waals surface area contributed by atoms with Crippen LogP contribution < -0.4 is 10.6 Å². The van der Waals surface area contributed by atoms with E-state index >= 15 is 0 Å². The molecule has 0 atom stereocenters. The number of amides is 1. The van der Waals surface area contributed by atoms with Crippen LogP contribution >= 0.6 is 0 Å². The number of aromatic carboxylic acids is 1. The van der Waals surface area contributed by atoms with Gasteiger partial charge in [0.1, 0.15) is 5.82 Å². The fraction of sp³-hybridized carbons (Fsp3) is 0.462. The van der Waals surface area contributed by atoms with Gasteiger partial charge < -0.3 is 15.7 Å². The minimum Gasteiger partial charge on any atom is -0.478 e. The van der Waals surface area contributed by atoms with Crippen molar-refractivity contribution in [1.29, 1.82) is 0 Å². The number of aromatic nitrogens is 1. The summed E-state index contributed by atoms with van der Waals surface area (Å²) >= 11 is 0. The van der Waals surface area contributed by atoms with Gasteiger partial charge in [0.2, 0.25) is 5.91 Å². The van der Waals surface area contributed by atoms with Gasteiger partial charge in [-0.15, -0.1) is 0 Å². The van der Waals surface area contributed by atoms with E-state index in [1.807, 2.05) is 13.8 Å². The summed E-state index contributed by atoms with van der Waals surface area (Å²) in [6, 6.07) is 2.96. The lowest BCUT2D eigenvalue weighted by Crippen LogP contribution is -2.30. The van der Waals surface area contributed by atoms with Crippen LogP contribution in [0.25, 0.3) is 0 Å². The van der Waals surface area contributed by atoms with Crippen LogP contribution in [0.5, 0.6) is 0 Å². The summed E-state index contributed by atoms with van der Waals surface area (Å²) in [7, 11) is 0. The van der Waals surface area contributed by atoms with Gasteiger partial charge in [-0.1, -0.05) is 13.8 Å². The van der Waals surface area contributed by atoms with E-state index < -0.39 is 5.97 Å². The van der Waals surface area contributed by atoms with Crippen molar-refractivity contribution in [3.05, 3.63) is 23.4 Å². The predicted octanol–water partition coefficient (Wildman–Crippen LogP) is 1.28. The van der Waals surface area contributed by atoms with Gasteiger partial charge in [-0.3, -0.25) is 4.79 Å². The zero-order valence-corrected chi connectivity index (χ0v) is 11.2. The molecule has 0 bridgehead atoms. The minimum atomic E-state index is -1.00. The predicted molar refractivity (Wildman–Crippen MR) is 72.4 cm³/mol. The maximum Gasteiger partial charge on any atom is 0.335 e. The number of nitrogens with zero attached hydrogens (tertiary/aromatic N) is 1. The number of anilines is 1. The van der Waals surface area contributed by atoms with Crippen LogP contribution in [0, 0.1) is 0 Å². The van der Waals surface area contributed by atoms with Crippen LogP contribution in [0.2, 0.25) is 0 Å². The Balaban J connectivity index is 2.69. The minimum absolute atomic E-state index is 0.0826. The SMILES string of the molecule is CCCNC(=O)CNc1cc(C(=O)O)cc(CC)n1. The average Bonchev–Trinajstić information content (AvgIpc) is 2.42. The molecule has 0 fully saturated rings. The summed E-state index contributed by atoms with van der Waals surface area (Å²) in [4.78, 5) is 26.6. The zero-order chi connectivity index (χ0) is 14.3. The van der Waals surface area contributed by atoms with Crippen LogP contribution in [-0.4, -0.2) is 35.1 Å². The standard InChI is InChI=1S/C13H19N3O3/c1-3-5-14-12(17)8-15-11-7-9(13(18)19)6-10(4-2)16-11/h6-7H,3-5,8H2,1-2H3,(H,14,17)(H,15,16)(H,18,19). The monoisotopic (exact) mass is 265 g/mol. The molecule has 6 nitrogen and oxygen atoms in total. The number of hydrogen-bond acceptors (Lipinski definition) is 4. The Morgan fingerprint density at radius 2 is 2.05 bits per heavy atom. The highest BCUT2D eigenvalue weighted by molar-refractivity contribution is 5.89. The van der Waals surface area contributed by atoms with Crippen molar-refractivity contribution in [3.8, 4) is 0 Å². The summed E-state index contributed by atoms with van der Waals surface area (Å²) in [5.74, 6) is -0.735. The Bertz CT molecular complexity index is 460. The summed E-state index contributed by atoms with van der Waals surface area (Å²) in [6.07, 6.45) is 1.51. The normalized spacial score (nSPS) is 10.0. The van der Waals surface area contributed by atoms with Crippen LogP contribution in [0.15, 0.2) is 12.1 Å². The third kappa shape index (κ3) is 4.95. The lowest BCUT2D eigenvalue weighted by Gasteiger charge is -2.08. The number of carbonyl (C=O) groups excluding carboxylic acids is 1. The molecule has 0 saturated carbocycles. The first kappa shape index (κ1) is 14.9. The second-order valence-electron chi connectivity index (χ2n) is 4.09. The number of hydrogen-bond donors (Lipinski definition) is 3. The Hall–Kier alpha value is -2.11. The number of rotatable bonds is 7. The van der Waals surface area contributed by atoms with Crippen LogP contribution in [0.3, 0.4) is 0 Å². The molecule has 1 heterocycles. The highest BCUT2D eigenvalue weighted by Crippen LogP contribution is 2.11. The Morgan fingerprint density at radius 3 is 2.63 bits per heavy atom. The number of nitrogens with one attached hydrogen (secondary N) is 2. The van der Waals surface area contributed by atoms with E-state index in [1.165, 1.54) is 12.1 Å². The molecular weight excluding hydrogens is 246 g/mol. The fourth-order valence-corrected chi connectivity index (χ4v) is 1.48. The maximum atomic E-state index is 11.4. The first-order valence-corrected chi connectivity index (χ1v) is 6.31. The van der Waals surface area contributed by atoms with Crippen LogP contribution in [0.1, 0.15) is 36.3 Å². The molecule has 3 N–H and O–H groups in total. The average molecular weight is 265 g/mol. The molecule has 0 radical (unpaired) electrons.